The molecule has 1 heterocycles. The molecule has 1 atom stereocenters. The third-order valence-corrected chi connectivity index (χ3v) is 3.94. The number of methoxy groups -OCH3 is 1. The van der Waals surface area contributed by atoms with Crippen LogP contribution in [0.5, 0.6) is 5.75 Å². The number of benzene rings is 2. The summed E-state index contributed by atoms with van der Waals surface area (Å²) in [4.78, 5) is 17.5. The van der Waals surface area contributed by atoms with E-state index in [1.807, 2.05) is 0 Å². The van der Waals surface area contributed by atoms with Crippen LogP contribution in [0, 0.1) is 5.82 Å². The van der Waals surface area contributed by atoms with Crippen LogP contribution in [-0.4, -0.2) is 16.7 Å². The molecule has 0 saturated carbocycles. The Morgan fingerprint density at radius 2 is 2.08 bits per heavy atom. The molecule has 2 N–H and O–H groups in total. The lowest BCUT2D eigenvalue weighted by molar-refractivity contribution is 0.411. The average molecular weight is 348 g/mol. The molecular weight excluding hydrogens is 333 g/mol. The Bertz CT molecular complexity index is 985. The Morgan fingerprint density at radius 1 is 1.33 bits per heavy atom. The van der Waals surface area contributed by atoms with Crippen LogP contribution in [0.25, 0.3) is 16.6 Å². The number of nitrogens with two attached hydrogens (primary N) is 1. The van der Waals surface area contributed by atoms with Gasteiger partial charge in [-0.15, -0.1) is 0 Å². The summed E-state index contributed by atoms with van der Waals surface area (Å²) >= 11 is 6.16. The lowest BCUT2D eigenvalue weighted by atomic mass is 10.2. The van der Waals surface area contributed by atoms with Crippen LogP contribution in [0.3, 0.4) is 0 Å². The van der Waals surface area contributed by atoms with Gasteiger partial charge in [-0.05, 0) is 25.1 Å². The monoisotopic (exact) mass is 347 g/mol. The predicted octanol–water partition coefficient (Wildman–Crippen LogP) is 3.21. The molecule has 0 unspecified atom stereocenters. The molecule has 0 bridgehead atoms. The van der Waals surface area contributed by atoms with Gasteiger partial charge in [0.2, 0.25) is 0 Å². The number of hydrogen-bond donors (Lipinski definition) is 1. The predicted molar refractivity (Wildman–Crippen MR) is 91.5 cm³/mol. The normalized spacial score (nSPS) is 12.4. The number of nitrogens with zero attached hydrogens (tertiary/aromatic N) is 2. The number of hydrogen-bond acceptors (Lipinski definition) is 4. The molecule has 124 valence electrons. The molecule has 24 heavy (non-hydrogen) atoms. The van der Waals surface area contributed by atoms with Crippen molar-refractivity contribution in [1.82, 2.24) is 9.55 Å². The smallest absolute Gasteiger partial charge is 0.267 e. The quantitative estimate of drug-likeness (QED) is 0.789. The number of aromatic nitrogens is 2. The fraction of sp³-hybridized carbons (Fsp3) is 0.176. The molecule has 7 heteroatoms. The summed E-state index contributed by atoms with van der Waals surface area (Å²) in [6.45, 7) is 1.70. The minimum atomic E-state index is -0.546. The number of ether oxygens (including phenoxy) is 1. The van der Waals surface area contributed by atoms with Crippen LogP contribution >= 0.6 is 11.6 Å². The highest BCUT2D eigenvalue weighted by atomic mass is 35.5. The van der Waals surface area contributed by atoms with Gasteiger partial charge >= 0.3 is 0 Å². The van der Waals surface area contributed by atoms with Crippen molar-refractivity contribution in [3.8, 4) is 11.4 Å². The molecule has 0 aliphatic heterocycles. The minimum absolute atomic E-state index is 0.256. The molecule has 2 aromatic carbocycles. The van der Waals surface area contributed by atoms with Gasteiger partial charge < -0.3 is 10.5 Å². The third kappa shape index (κ3) is 2.74. The first-order valence-corrected chi connectivity index (χ1v) is 7.62. The first kappa shape index (κ1) is 16.4. The first-order chi connectivity index (χ1) is 11.4. The van der Waals surface area contributed by atoms with Gasteiger partial charge in [-0.3, -0.25) is 9.36 Å². The third-order valence-electron chi connectivity index (χ3n) is 3.63. The van der Waals surface area contributed by atoms with Crippen LogP contribution in [0.15, 0.2) is 41.2 Å². The highest BCUT2D eigenvalue weighted by molar-refractivity contribution is 6.35. The maximum Gasteiger partial charge on any atom is 0.267 e. The Labute approximate surface area is 142 Å². The topological polar surface area (TPSA) is 70.1 Å². The molecule has 3 rings (SSSR count). The van der Waals surface area contributed by atoms with Gasteiger partial charge in [0.25, 0.3) is 5.56 Å². The van der Waals surface area contributed by atoms with Crippen molar-refractivity contribution in [1.29, 1.82) is 0 Å². The fourth-order valence-corrected chi connectivity index (χ4v) is 2.81. The first-order valence-electron chi connectivity index (χ1n) is 7.24. The van der Waals surface area contributed by atoms with Gasteiger partial charge in [-0.1, -0.05) is 17.7 Å². The van der Waals surface area contributed by atoms with E-state index in [9.17, 15) is 9.18 Å². The van der Waals surface area contributed by atoms with E-state index < -0.39 is 17.4 Å². The minimum Gasteiger partial charge on any atom is -0.497 e. The molecule has 0 amide bonds. The zero-order valence-electron chi connectivity index (χ0n) is 13.1. The van der Waals surface area contributed by atoms with E-state index in [1.165, 1.54) is 23.8 Å². The van der Waals surface area contributed by atoms with E-state index in [2.05, 4.69) is 4.98 Å². The van der Waals surface area contributed by atoms with Gasteiger partial charge in [0, 0.05) is 12.1 Å². The molecule has 0 radical (unpaired) electrons. The number of fused-ring (bicyclic) bond motifs is 1. The largest absolute Gasteiger partial charge is 0.497 e. The summed E-state index contributed by atoms with van der Waals surface area (Å²) in [6.07, 6.45) is 0. The summed E-state index contributed by atoms with van der Waals surface area (Å²) < 4.78 is 20.2. The second-order valence-electron chi connectivity index (χ2n) is 5.38. The van der Waals surface area contributed by atoms with Crippen molar-refractivity contribution >= 4 is 22.5 Å². The summed E-state index contributed by atoms with van der Waals surface area (Å²) in [6, 6.07) is 8.44. The van der Waals surface area contributed by atoms with Gasteiger partial charge in [0.15, 0.2) is 0 Å². The molecule has 0 saturated heterocycles. The maximum absolute atomic E-state index is 13.9. The van der Waals surface area contributed by atoms with Crippen molar-refractivity contribution in [3.63, 3.8) is 0 Å². The van der Waals surface area contributed by atoms with Gasteiger partial charge in [0.05, 0.1) is 34.8 Å². The van der Waals surface area contributed by atoms with E-state index in [4.69, 9.17) is 22.1 Å². The second-order valence-corrected chi connectivity index (χ2v) is 5.79. The maximum atomic E-state index is 13.9. The Balaban J connectivity index is 2.44. The standard InChI is InChI=1S/C17H15ClFN3O2/c1-9(20)16-21-14-5-3-4-13(18)15(14)17(23)22(16)11-6-10(19)7-12(8-11)24-2/h3-9H,20H2,1-2H3/t9-/m0/s1. The highest BCUT2D eigenvalue weighted by Gasteiger charge is 2.18. The van der Waals surface area contributed by atoms with Crippen molar-refractivity contribution < 1.29 is 9.13 Å². The second kappa shape index (κ2) is 6.22. The summed E-state index contributed by atoms with van der Waals surface area (Å²) in [5, 5.41) is 0.533. The van der Waals surface area contributed by atoms with Crippen LogP contribution < -0.4 is 16.0 Å². The molecule has 1 aromatic heterocycles. The van der Waals surface area contributed by atoms with E-state index >= 15 is 0 Å². The summed E-state index contributed by atoms with van der Waals surface area (Å²) in [5.74, 6) is 0.0559. The molecule has 0 aliphatic rings. The average Bonchev–Trinajstić information content (AvgIpc) is 2.53. The summed E-state index contributed by atoms with van der Waals surface area (Å²) in [5.41, 5.74) is 6.29. The Kier molecular flexibility index (Phi) is 4.26. The number of rotatable bonds is 3. The van der Waals surface area contributed by atoms with Gasteiger partial charge in [-0.25, -0.2) is 9.37 Å². The highest BCUT2D eigenvalue weighted by Crippen LogP contribution is 2.24. The molecule has 0 fully saturated rings. The molecule has 5 nitrogen and oxygen atoms in total. The van der Waals surface area contributed by atoms with Crippen molar-refractivity contribution in [2.75, 3.05) is 7.11 Å². The van der Waals surface area contributed by atoms with Crippen LogP contribution in [-0.2, 0) is 0 Å². The van der Waals surface area contributed by atoms with Gasteiger partial charge in [0.1, 0.15) is 17.4 Å². The summed E-state index contributed by atoms with van der Waals surface area (Å²) in [7, 11) is 1.42. The zero-order chi connectivity index (χ0) is 17.4. The van der Waals surface area contributed by atoms with E-state index in [1.54, 1.807) is 31.2 Å². The molecular formula is C17H15ClFN3O2. The lowest BCUT2D eigenvalue weighted by Crippen LogP contribution is -2.27. The van der Waals surface area contributed by atoms with Crippen molar-refractivity contribution in [3.05, 3.63) is 63.4 Å². The number of halogens is 2. The van der Waals surface area contributed by atoms with Crippen molar-refractivity contribution in [2.24, 2.45) is 5.73 Å². The lowest BCUT2D eigenvalue weighted by Gasteiger charge is -2.17. The van der Waals surface area contributed by atoms with Crippen LogP contribution in [0.1, 0.15) is 18.8 Å². The molecule has 3 aromatic rings. The Morgan fingerprint density at radius 3 is 2.75 bits per heavy atom. The van der Waals surface area contributed by atoms with E-state index in [0.29, 0.717) is 11.3 Å². The van der Waals surface area contributed by atoms with E-state index in [-0.39, 0.29) is 21.8 Å². The molecule has 0 aliphatic carbocycles. The molecule has 0 spiro atoms. The van der Waals surface area contributed by atoms with Crippen molar-refractivity contribution in [2.45, 2.75) is 13.0 Å². The Hall–Kier alpha value is -2.44. The van der Waals surface area contributed by atoms with Crippen LogP contribution in [0.4, 0.5) is 4.39 Å². The van der Waals surface area contributed by atoms with E-state index in [0.717, 1.165) is 0 Å². The SMILES string of the molecule is COc1cc(F)cc(-n2c([C@H](C)N)nc3cccc(Cl)c3c2=O)c1. The zero-order valence-corrected chi connectivity index (χ0v) is 13.8. The fourth-order valence-electron chi connectivity index (χ4n) is 2.56. The van der Waals surface area contributed by atoms with Crippen LogP contribution in [0.2, 0.25) is 5.02 Å². The van der Waals surface area contributed by atoms with Gasteiger partial charge in [-0.2, -0.15) is 0 Å².